The molecule has 5 rings (SSSR count). The third-order valence-electron chi connectivity index (χ3n) is 6.66. The van der Waals surface area contributed by atoms with Gasteiger partial charge in [0.25, 0.3) is 0 Å². The third-order valence-corrected chi connectivity index (χ3v) is 7.10. The number of aromatic nitrogens is 5. The zero-order valence-corrected chi connectivity index (χ0v) is 22.6. The Bertz CT molecular complexity index is 1580. The molecule has 0 radical (unpaired) electrons. The number of nitrogen functional groups attached to an aromatic ring is 1. The molecule has 4 aromatic rings. The summed E-state index contributed by atoms with van der Waals surface area (Å²) in [5.74, 6) is 0.324. The lowest BCUT2D eigenvalue weighted by atomic mass is 10.0. The van der Waals surface area contributed by atoms with E-state index in [1.165, 1.54) is 12.1 Å². The van der Waals surface area contributed by atoms with Crippen LogP contribution in [0.5, 0.6) is 0 Å². The van der Waals surface area contributed by atoms with Crippen LogP contribution in [0.2, 0.25) is 0 Å². The topological polar surface area (TPSA) is 155 Å². The normalized spacial score (nSPS) is 17.2. The minimum absolute atomic E-state index is 0.0154. The lowest BCUT2D eigenvalue weighted by Crippen LogP contribution is -2.44. The molecule has 0 aliphatic carbocycles. The number of morpholine rings is 1. The molecule has 4 heterocycles. The van der Waals surface area contributed by atoms with Gasteiger partial charge >= 0.3 is 0 Å². The Balaban J connectivity index is 1.60. The van der Waals surface area contributed by atoms with Crippen LogP contribution in [0.15, 0.2) is 36.5 Å². The van der Waals surface area contributed by atoms with Crippen molar-refractivity contribution in [3.05, 3.63) is 53.6 Å². The molecule has 11 nitrogen and oxygen atoms in total. The molecule has 3 aromatic heterocycles. The zero-order chi connectivity index (χ0) is 28.4. The summed E-state index contributed by atoms with van der Waals surface area (Å²) in [5.41, 5.74) is 8.16. The summed E-state index contributed by atoms with van der Waals surface area (Å²) in [5, 5.41) is 0. The van der Waals surface area contributed by atoms with Gasteiger partial charge in [0.2, 0.25) is 5.95 Å². The number of fused-ring (bicyclic) bond motifs is 1. The van der Waals surface area contributed by atoms with Crippen LogP contribution in [0, 0.1) is 12.7 Å². The molecule has 1 saturated heterocycles. The van der Waals surface area contributed by atoms with Gasteiger partial charge in [-0.3, -0.25) is 4.21 Å². The fourth-order valence-corrected chi connectivity index (χ4v) is 4.91. The molecule has 40 heavy (non-hydrogen) atoms. The fourth-order valence-electron chi connectivity index (χ4n) is 4.63. The second-order valence-corrected chi connectivity index (χ2v) is 10.1. The standard InChI is InChI=1S/C26H28F2N8O3S/c1-14-13-39-11-10-36(14)25-23-21(34-24(35-25)18-12-30-26(29)32-15(18)2)7-6-20(33-23)17-5-3-4-16(22(17)28)19(27)8-9-31-40(37)38/h3-7,12,14,19,31H,8-11,13H2,1-2H3,(H,37,38)(H2,29,30,32)/p-1. The Kier molecular flexibility index (Phi) is 8.21. The average molecular weight is 570 g/mol. The molecular formula is C26H27F2N8O3S-. The number of nitrogens with two attached hydrogens (primary N) is 1. The summed E-state index contributed by atoms with van der Waals surface area (Å²) in [6, 6.07) is 7.73. The number of pyridine rings is 1. The number of nitrogens with zero attached hydrogens (tertiary/aromatic N) is 6. The summed E-state index contributed by atoms with van der Waals surface area (Å²) < 4.78 is 59.5. The number of hydrogen-bond donors (Lipinski definition) is 2. The quantitative estimate of drug-likeness (QED) is 0.302. The van der Waals surface area contributed by atoms with Crippen molar-refractivity contribution in [3.63, 3.8) is 0 Å². The monoisotopic (exact) mass is 569 g/mol. The van der Waals surface area contributed by atoms with E-state index < -0.39 is 23.3 Å². The van der Waals surface area contributed by atoms with E-state index in [0.29, 0.717) is 53.7 Å². The van der Waals surface area contributed by atoms with E-state index in [9.17, 15) is 13.2 Å². The van der Waals surface area contributed by atoms with Crippen LogP contribution in [0.1, 0.15) is 30.8 Å². The van der Waals surface area contributed by atoms with Crippen molar-refractivity contribution < 1.29 is 22.3 Å². The molecule has 0 bridgehead atoms. The minimum Gasteiger partial charge on any atom is -0.760 e. The third kappa shape index (κ3) is 5.75. The highest BCUT2D eigenvalue weighted by Gasteiger charge is 2.26. The first-order chi connectivity index (χ1) is 19.2. The summed E-state index contributed by atoms with van der Waals surface area (Å²) >= 11 is -2.52. The van der Waals surface area contributed by atoms with E-state index in [-0.39, 0.29) is 41.8 Å². The van der Waals surface area contributed by atoms with Crippen molar-refractivity contribution in [2.45, 2.75) is 32.5 Å². The lowest BCUT2D eigenvalue weighted by Gasteiger charge is -2.34. The van der Waals surface area contributed by atoms with Gasteiger partial charge in [-0.25, -0.2) is 38.4 Å². The predicted octanol–water partition coefficient (Wildman–Crippen LogP) is 3.19. The van der Waals surface area contributed by atoms with Crippen molar-refractivity contribution >= 4 is 34.1 Å². The van der Waals surface area contributed by atoms with Crippen LogP contribution in [-0.4, -0.2) is 66.0 Å². The fraction of sp³-hybridized carbons (Fsp3) is 0.346. The molecule has 14 heteroatoms. The summed E-state index contributed by atoms with van der Waals surface area (Å²) in [6.45, 7) is 5.20. The number of aryl methyl sites for hydroxylation is 1. The van der Waals surface area contributed by atoms with Crippen molar-refractivity contribution in [2.24, 2.45) is 0 Å². The molecule has 3 unspecified atom stereocenters. The van der Waals surface area contributed by atoms with Gasteiger partial charge in [0.1, 0.15) is 17.5 Å². The Hall–Kier alpha value is -3.72. The average Bonchev–Trinajstić information content (AvgIpc) is 2.92. The molecule has 3 N–H and O–H groups in total. The highest BCUT2D eigenvalue weighted by molar-refractivity contribution is 7.77. The zero-order valence-electron chi connectivity index (χ0n) is 21.8. The summed E-state index contributed by atoms with van der Waals surface area (Å²) in [6.07, 6.45) is -0.354. The van der Waals surface area contributed by atoms with Crippen molar-refractivity contribution in [1.82, 2.24) is 29.6 Å². The highest BCUT2D eigenvalue weighted by Crippen LogP contribution is 2.34. The van der Waals surface area contributed by atoms with Gasteiger partial charge in [0.05, 0.1) is 41.7 Å². The first-order valence-corrected chi connectivity index (χ1v) is 13.7. The van der Waals surface area contributed by atoms with Crippen LogP contribution < -0.4 is 15.4 Å². The van der Waals surface area contributed by atoms with Gasteiger partial charge in [-0.2, -0.15) is 0 Å². The number of alkyl halides is 1. The Morgan fingerprint density at radius 2 is 2.05 bits per heavy atom. The Morgan fingerprint density at radius 1 is 1.23 bits per heavy atom. The highest BCUT2D eigenvalue weighted by atomic mass is 32.2. The van der Waals surface area contributed by atoms with Crippen LogP contribution >= 0.6 is 0 Å². The summed E-state index contributed by atoms with van der Waals surface area (Å²) in [7, 11) is 0. The maximum Gasteiger partial charge on any atom is 0.220 e. The van der Waals surface area contributed by atoms with Crippen molar-refractivity contribution in [1.29, 1.82) is 0 Å². The molecular weight excluding hydrogens is 542 g/mol. The Labute approximate surface area is 231 Å². The number of rotatable bonds is 8. The van der Waals surface area contributed by atoms with E-state index in [2.05, 4.69) is 19.6 Å². The van der Waals surface area contributed by atoms with Crippen LogP contribution in [0.4, 0.5) is 20.5 Å². The molecule has 0 amide bonds. The largest absolute Gasteiger partial charge is 0.760 e. The van der Waals surface area contributed by atoms with Gasteiger partial charge in [0, 0.05) is 41.7 Å². The van der Waals surface area contributed by atoms with E-state index in [4.69, 9.17) is 25.4 Å². The van der Waals surface area contributed by atoms with Crippen LogP contribution in [-0.2, 0) is 16.0 Å². The number of nitrogens with one attached hydrogen (secondary N) is 1. The van der Waals surface area contributed by atoms with E-state index in [1.807, 2.05) is 6.92 Å². The molecule has 0 spiro atoms. The predicted molar refractivity (Wildman–Crippen MR) is 146 cm³/mol. The smallest absolute Gasteiger partial charge is 0.220 e. The first kappa shape index (κ1) is 27.8. The molecule has 3 atom stereocenters. The SMILES string of the molecule is Cc1nc(N)ncc1-c1nc(N2CCOCC2C)c2nc(-c3cccc(C(F)CCNS(=O)[O-])c3F)ccc2n1. The van der Waals surface area contributed by atoms with E-state index in [1.54, 1.807) is 31.3 Å². The van der Waals surface area contributed by atoms with Crippen LogP contribution in [0.3, 0.4) is 0 Å². The van der Waals surface area contributed by atoms with Gasteiger partial charge in [0.15, 0.2) is 11.6 Å². The number of ether oxygens (including phenoxy) is 1. The first-order valence-electron chi connectivity index (χ1n) is 12.6. The van der Waals surface area contributed by atoms with Crippen molar-refractivity contribution in [3.8, 4) is 22.6 Å². The molecule has 1 fully saturated rings. The number of anilines is 2. The minimum atomic E-state index is -2.52. The number of halogens is 2. The molecule has 1 aliphatic rings. The molecule has 1 aliphatic heterocycles. The lowest BCUT2D eigenvalue weighted by molar-refractivity contribution is 0.0987. The second-order valence-electron chi connectivity index (χ2n) is 9.37. The van der Waals surface area contributed by atoms with Gasteiger partial charge in [-0.1, -0.05) is 12.1 Å². The van der Waals surface area contributed by atoms with Crippen LogP contribution in [0.25, 0.3) is 33.7 Å². The maximum absolute atomic E-state index is 15.6. The van der Waals surface area contributed by atoms with E-state index in [0.717, 1.165) is 0 Å². The van der Waals surface area contributed by atoms with Crippen molar-refractivity contribution in [2.75, 3.05) is 36.9 Å². The second kappa shape index (κ2) is 11.8. The number of benzene rings is 1. The van der Waals surface area contributed by atoms with Gasteiger partial charge in [-0.05, 0) is 38.5 Å². The maximum atomic E-state index is 15.6. The van der Waals surface area contributed by atoms with E-state index >= 15 is 4.39 Å². The van der Waals surface area contributed by atoms with Gasteiger partial charge in [-0.15, -0.1) is 0 Å². The Morgan fingerprint density at radius 3 is 2.80 bits per heavy atom. The molecule has 1 aromatic carbocycles. The molecule has 210 valence electrons. The van der Waals surface area contributed by atoms with Gasteiger partial charge < -0.3 is 19.9 Å². The number of hydrogen-bond acceptors (Lipinski definition) is 10. The summed E-state index contributed by atoms with van der Waals surface area (Å²) in [4.78, 5) is 24.7. The molecule has 0 saturated carbocycles.